The van der Waals surface area contributed by atoms with E-state index in [9.17, 15) is 9.59 Å². The molecule has 1 heterocycles. The second-order valence-electron chi connectivity index (χ2n) is 4.83. The minimum absolute atomic E-state index is 0.0714. The molecule has 124 valence electrons. The Kier molecular flexibility index (Phi) is 6.30. The number of methoxy groups -OCH3 is 1. The first-order valence-electron chi connectivity index (χ1n) is 7.36. The Morgan fingerprint density at radius 3 is 2.87 bits per heavy atom. The summed E-state index contributed by atoms with van der Waals surface area (Å²) in [5, 5.41) is 8.81. The van der Waals surface area contributed by atoms with Gasteiger partial charge in [-0.25, -0.2) is 9.78 Å². The molecule has 0 unspecified atom stereocenters. The molecule has 1 aromatic heterocycles. The number of hydrogen-bond donors (Lipinski definition) is 3. The molecular weight excluding hydrogens is 316 g/mol. The summed E-state index contributed by atoms with van der Waals surface area (Å²) in [6.07, 6.45) is 1.17. The van der Waals surface area contributed by atoms with Crippen molar-refractivity contribution < 1.29 is 14.3 Å². The molecule has 0 aliphatic carbocycles. The largest absolute Gasteiger partial charge is 0.385 e. The Balaban J connectivity index is 1.96. The summed E-state index contributed by atoms with van der Waals surface area (Å²) >= 11 is 1.40. The minimum Gasteiger partial charge on any atom is -0.385 e. The molecule has 3 amide bonds. The average molecular weight is 336 g/mol. The van der Waals surface area contributed by atoms with Crippen molar-refractivity contribution in [3.63, 3.8) is 0 Å². The molecule has 0 saturated heterocycles. The number of benzene rings is 1. The molecule has 8 heteroatoms. The molecule has 0 atom stereocenters. The van der Waals surface area contributed by atoms with E-state index in [4.69, 9.17) is 4.74 Å². The van der Waals surface area contributed by atoms with Gasteiger partial charge in [-0.2, -0.15) is 0 Å². The lowest BCUT2D eigenvalue weighted by atomic mass is 10.3. The number of carbonyl (C=O) groups excluding carboxylic acids is 2. The number of nitrogens with one attached hydrogen (secondary N) is 3. The van der Waals surface area contributed by atoms with E-state index in [1.807, 2.05) is 6.07 Å². The Morgan fingerprint density at radius 2 is 2.13 bits per heavy atom. The zero-order valence-electron chi connectivity index (χ0n) is 13.1. The predicted octanol–water partition coefficient (Wildman–Crippen LogP) is 2.80. The van der Waals surface area contributed by atoms with Crippen molar-refractivity contribution in [2.45, 2.75) is 19.8 Å². The number of anilines is 2. The van der Waals surface area contributed by atoms with Crippen LogP contribution in [-0.2, 0) is 9.53 Å². The molecule has 1 aromatic carbocycles. The van der Waals surface area contributed by atoms with Crippen LogP contribution in [0.2, 0.25) is 0 Å². The van der Waals surface area contributed by atoms with Crippen molar-refractivity contribution in [2.75, 3.05) is 30.9 Å². The first kappa shape index (κ1) is 17.2. The highest BCUT2D eigenvalue weighted by Crippen LogP contribution is 2.28. The van der Waals surface area contributed by atoms with Crippen molar-refractivity contribution in [1.29, 1.82) is 0 Å². The van der Waals surface area contributed by atoms with E-state index < -0.39 is 0 Å². The fourth-order valence-corrected chi connectivity index (χ4v) is 2.72. The van der Waals surface area contributed by atoms with Crippen molar-refractivity contribution in [1.82, 2.24) is 10.3 Å². The van der Waals surface area contributed by atoms with Crippen LogP contribution in [-0.4, -0.2) is 37.2 Å². The number of urea groups is 1. The zero-order chi connectivity index (χ0) is 16.7. The Hall–Kier alpha value is -2.19. The Labute approximate surface area is 138 Å². The summed E-state index contributed by atoms with van der Waals surface area (Å²) < 4.78 is 5.87. The maximum atomic E-state index is 11.8. The third-order valence-corrected chi connectivity index (χ3v) is 3.98. The molecule has 0 saturated carbocycles. The Morgan fingerprint density at radius 1 is 1.30 bits per heavy atom. The number of carbonyl (C=O) groups is 2. The van der Waals surface area contributed by atoms with Crippen molar-refractivity contribution in [2.24, 2.45) is 0 Å². The maximum absolute atomic E-state index is 11.8. The third-order valence-electron chi connectivity index (χ3n) is 3.02. The number of rotatable bonds is 7. The van der Waals surface area contributed by atoms with E-state index in [-0.39, 0.29) is 11.9 Å². The van der Waals surface area contributed by atoms with Gasteiger partial charge in [0.1, 0.15) is 0 Å². The van der Waals surface area contributed by atoms with Gasteiger partial charge in [-0.05, 0) is 24.6 Å². The SMILES string of the molecule is CCC(=O)Nc1nc2cc(NC(=O)NCCCOC)ccc2s1. The van der Waals surface area contributed by atoms with E-state index in [0.717, 1.165) is 16.6 Å². The molecule has 3 N–H and O–H groups in total. The van der Waals surface area contributed by atoms with Gasteiger partial charge < -0.3 is 20.7 Å². The van der Waals surface area contributed by atoms with Crippen LogP contribution in [0.15, 0.2) is 18.2 Å². The zero-order valence-corrected chi connectivity index (χ0v) is 14.0. The second kappa shape index (κ2) is 8.44. The summed E-state index contributed by atoms with van der Waals surface area (Å²) in [6.45, 7) is 2.94. The highest BCUT2D eigenvalue weighted by Gasteiger charge is 2.08. The van der Waals surface area contributed by atoms with E-state index in [2.05, 4.69) is 20.9 Å². The van der Waals surface area contributed by atoms with Crippen LogP contribution in [0.5, 0.6) is 0 Å². The summed E-state index contributed by atoms with van der Waals surface area (Å²) in [5.41, 5.74) is 1.39. The minimum atomic E-state index is -0.268. The summed E-state index contributed by atoms with van der Waals surface area (Å²) in [5.74, 6) is -0.0714. The van der Waals surface area contributed by atoms with Gasteiger partial charge in [-0.1, -0.05) is 18.3 Å². The molecule has 2 aromatic rings. The van der Waals surface area contributed by atoms with Gasteiger partial charge in [0.15, 0.2) is 5.13 Å². The predicted molar refractivity (Wildman–Crippen MR) is 92.1 cm³/mol. The Bertz CT molecular complexity index is 686. The molecule has 23 heavy (non-hydrogen) atoms. The number of nitrogens with zero attached hydrogens (tertiary/aromatic N) is 1. The van der Waals surface area contributed by atoms with Crippen LogP contribution in [0.1, 0.15) is 19.8 Å². The first-order chi connectivity index (χ1) is 11.1. The molecular formula is C15H20N4O3S. The smallest absolute Gasteiger partial charge is 0.319 e. The third kappa shape index (κ3) is 5.19. The van der Waals surface area contributed by atoms with Gasteiger partial charge in [0.2, 0.25) is 5.91 Å². The fraction of sp³-hybridized carbons (Fsp3) is 0.400. The van der Waals surface area contributed by atoms with Crippen LogP contribution in [0.25, 0.3) is 10.2 Å². The molecule has 7 nitrogen and oxygen atoms in total. The number of aromatic nitrogens is 1. The van der Waals surface area contributed by atoms with Crippen LogP contribution in [0.4, 0.5) is 15.6 Å². The van der Waals surface area contributed by atoms with Crippen LogP contribution in [0.3, 0.4) is 0 Å². The normalized spacial score (nSPS) is 10.5. The van der Waals surface area contributed by atoms with Crippen LogP contribution < -0.4 is 16.0 Å². The van der Waals surface area contributed by atoms with Gasteiger partial charge in [0, 0.05) is 32.4 Å². The van der Waals surface area contributed by atoms with Crippen molar-refractivity contribution in [3.05, 3.63) is 18.2 Å². The van der Waals surface area contributed by atoms with Crippen LogP contribution in [0, 0.1) is 0 Å². The fourth-order valence-electron chi connectivity index (χ4n) is 1.86. The second-order valence-corrected chi connectivity index (χ2v) is 5.86. The van der Waals surface area contributed by atoms with Gasteiger partial charge >= 0.3 is 6.03 Å². The molecule has 0 radical (unpaired) electrons. The lowest BCUT2D eigenvalue weighted by Gasteiger charge is -2.07. The van der Waals surface area contributed by atoms with Gasteiger partial charge in [0.05, 0.1) is 10.2 Å². The quantitative estimate of drug-likeness (QED) is 0.678. The monoisotopic (exact) mass is 336 g/mol. The van der Waals surface area contributed by atoms with Crippen LogP contribution >= 0.6 is 11.3 Å². The lowest BCUT2D eigenvalue weighted by molar-refractivity contribution is -0.115. The number of fused-ring (bicyclic) bond motifs is 1. The van der Waals surface area contributed by atoms with Gasteiger partial charge in [0.25, 0.3) is 0 Å². The van der Waals surface area contributed by atoms with E-state index in [0.29, 0.717) is 30.4 Å². The van der Waals surface area contributed by atoms with Crippen molar-refractivity contribution >= 4 is 44.3 Å². The van der Waals surface area contributed by atoms with Gasteiger partial charge in [-0.15, -0.1) is 0 Å². The molecule has 0 bridgehead atoms. The number of hydrogen-bond acceptors (Lipinski definition) is 5. The van der Waals surface area contributed by atoms with E-state index in [1.54, 1.807) is 26.2 Å². The highest BCUT2D eigenvalue weighted by atomic mass is 32.1. The summed E-state index contributed by atoms with van der Waals surface area (Å²) in [6, 6.07) is 5.19. The first-order valence-corrected chi connectivity index (χ1v) is 8.18. The summed E-state index contributed by atoms with van der Waals surface area (Å²) in [7, 11) is 1.63. The molecule has 2 rings (SSSR count). The molecule has 0 fully saturated rings. The lowest BCUT2D eigenvalue weighted by Crippen LogP contribution is -2.29. The maximum Gasteiger partial charge on any atom is 0.319 e. The average Bonchev–Trinajstić information content (AvgIpc) is 2.92. The van der Waals surface area contributed by atoms with Crippen molar-refractivity contribution in [3.8, 4) is 0 Å². The standard InChI is InChI=1S/C15H20N4O3S/c1-3-13(20)19-15-18-11-9-10(5-6-12(11)23-15)17-14(21)16-7-4-8-22-2/h5-6,9H,3-4,7-8H2,1-2H3,(H2,16,17,21)(H,18,19,20). The molecule has 0 aliphatic heterocycles. The molecule has 0 spiro atoms. The highest BCUT2D eigenvalue weighted by molar-refractivity contribution is 7.22. The topological polar surface area (TPSA) is 92.4 Å². The number of thiazole rings is 1. The summed E-state index contributed by atoms with van der Waals surface area (Å²) in [4.78, 5) is 27.5. The molecule has 0 aliphatic rings. The van der Waals surface area contributed by atoms with Gasteiger partial charge in [-0.3, -0.25) is 4.79 Å². The van der Waals surface area contributed by atoms with E-state index >= 15 is 0 Å². The number of ether oxygens (including phenoxy) is 1. The van der Waals surface area contributed by atoms with E-state index in [1.165, 1.54) is 11.3 Å². The number of amides is 3.